The molecule has 3 nitrogen and oxygen atoms in total. The van der Waals surface area contributed by atoms with Gasteiger partial charge >= 0.3 is 0 Å². The zero-order chi connectivity index (χ0) is 15.7. The van der Waals surface area contributed by atoms with E-state index in [-0.39, 0.29) is 18.0 Å². The molecule has 1 N–H and O–H groups in total. The summed E-state index contributed by atoms with van der Waals surface area (Å²) in [5.41, 5.74) is 3.29. The molecule has 0 fully saturated rings. The fraction of sp³-hybridized carbons (Fsp3) is 0.278. The van der Waals surface area contributed by atoms with E-state index in [0.717, 1.165) is 22.3 Å². The van der Waals surface area contributed by atoms with Crippen LogP contribution in [0.3, 0.4) is 0 Å². The van der Waals surface area contributed by atoms with Crippen LogP contribution >= 0.6 is 15.9 Å². The summed E-state index contributed by atoms with van der Waals surface area (Å²) < 4.78 is 1.07. The van der Waals surface area contributed by atoms with Gasteiger partial charge in [-0.3, -0.25) is 4.79 Å². The molecular weight excluding hydrogens is 340 g/mol. The Bertz CT molecular complexity index is 684. The van der Waals surface area contributed by atoms with Gasteiger partial charge in [0.25, 0.3) is 0 Å². The number of fused-ring (bicyclic) bond motifs is 1. The zero-order valence-electron chi connectivity index (χ0n) is 12.7. The lowest BCUT2D eigenvalue weighted by molar-refractivity contribution is -0.117. The summed E-state index contributed by atoms with van der Waals surface area (Å²) in [6, 6.07) is 16.7. The molecule has 114 valence electrons. The summed E-state index contributed by atoms with van der Waals surface area (Å²) >= 11 is 3.46. The molecule has 2 aromatic rings. The van der Waals surface area contributed by atoms with Crippen LogP contribution < -0.4 is 10.2 Å². The molecule has 0 bridgehead atoms. The van der Waals surface area contributed by atoms with Gasteiger partial charge in [-0.25, -0.2) is 0 Å². The lowest BCUT2D eigenvalue weighted by atomic mass is 9.91. The van der Waals surface area contributed by atoms with Crippen LogP contribution in [0.4, 0.5) is 11.4 Å². The molecule has 0 saturated heterocycles. The quantitative estimate of drug-likeness (QED) is 0.840. The summed E-state index contributed by atoms with van der Waals surface area (Å²) in [5.74, 6) is 0.0991. The van der Waals surface area contributed by atoms with Crippen LogP contribution in [-0.4, -0.2) is 11.9 Å². The molecule has 4 heteroatoms. The van der Waals surface area contributed by atoms with Gasteiger partial charge in [-0.1, -0.05) is 34.1 Å². The highest BCUT2D eigenvalue weighted by Crippen LogP contribution is 2.38. The minimum absolute atomic E-state index is 0.0991. The van der Waals surface area contributed by atoms with Gasteiger partial charge in [0.2, 0.25) is 5.91 Å². The number of benzene rings is 2. The third-order valence-corrected chi connectivity index (χ3v) is 4.64. The second kappa shape index (κ2) is 6.13. The number of anilines is 2. The number of carbonyl (C=O) groups is 1. The molecule has 1 aliphatic rings. The van der Waals surface area contributed by atoms with E-state index in [1.54, 1.807) is 6.92 Å². The minimum atomic E-state index is 0.0991. The van der Waals surface area contributed by atoms with Crippen molar-refractivity contribution in [3.63, 3.8) is 0 Å². The normalized spacial score (nSPS) is 20.4. The number of hydrogen-bond acceptors (Lipinski definition) is 2. The van der Waals surface area contributed by atoms with E-state index in [1.807, 2.05) is 35.2 Å². The van der Waals surface area contributed by atoms with Crippen molar-refractivity contribution < 1.29 is 4.79 Å². The van der Waals surface area contributed by atoms with Crippen molar-refractivity contribution in [1.82, 2.24) is 0 Å². The smallest absolute Gasteiger partial charge is 0.224 e. The molecule has 1 aliphatic heterocycles. The Morgan fingerprint density at radius 3 is 2.55 bits per heavy atom. The highest BCUT2D eigenvalue weighted by molar-refractivity contribution is 9.10. The van der Waals surface area contributed by atoms with Crippen molar-refractivity contribution in [2.24, 2.45) is 0 Å². The fourth-order valence-electron chi connectivity index (χ4n) is 3.18. The third kappa shape index (κ3) is 2.88. The topological polar surface area (TPSA) is 32.3 Å². The number of para-hydroxylation sites is 1. The van der Waals surface area contributed by atoms with Crippen molar-refractivity contribution in [3.8, 4) is 0 Å². The van der Waals surface area contributed by atoms with Crippen LogP contribution in [0.25, 0.3) is 0 Å². The second-order valence-electron chi connectivity index (χ2n) is 5.74. The molecule has 0 aromatic heterocycles. The molecule has 0 spiro atoms. The highest BCUT2D eigenvalue weighted by atomic mass is 79.9. The van der Waals surface area contributed by atoms with Crippen molar-refractivity contribution in [3.05, 3.63) is 58.6 Å². The van der Waals surface area contributed by atoms with Gasteiger partial charge in [0.05, 0.1) is 6.04 Å². The lowest BCUT2D eigenvalue weighted by Gasteiger charge is -2.39. The standard InChI is InChI=1S/C18H19BrN2O/c1-12-11-17(20-15-9-7-14(19)8-10-15)16-5-3-4-6-18(16)21(12)13(2)22/h3-10,12,17,20H,11H2,1-2H3. The Labute approximate surface area is 139 Å². The fourth-order valence-corrected chi connectivity index (χ4v) is 3.44. The van der Waals surface area contributed by atoms with Crippen LogP contribution in [0.15, 0.2) is 53.0 Å². The second-order valence-corrected chi connectivity index (χ2v) is 6.65. The maximum atomic E-state index is 12.0. The largest absolute Gasteiger partial charge is 0.378 e. The molecule has 1 heterocycles. The van der Waals surface area contributed by atoms with Crippen molar-refractivity contribution in [2.75, 3.05) is 10.2 Å². The van der Waals surface area contributed by atoms with E-state index >= 15 is 0 Å². The van der Waals surface area contributed by atoms with E-state index in [1.165, 1.54) is 5.56 Å². The van der Waals surface area contributed by atoms with Gasteiger partial charge in [-0.15, -0.1) is 0 Å². The first-order valence-corrected chi connectivity index (χ1v) is 8.26. The van der Waals surface area contributed by atoms with E-state index in [4.69, 9.17) is 0 Å². The van der Waals surface area contributed by atoms with Crippen molar-refractivity contribution in [1.29, 1.82) is 0 Å². The summed E-state index contributed by atoms with van der Waals surface area (Å²) in [6.45, 7) is 3.74. The molecular formula is C18H19BrN2O. The SMILES string of the molecule is CC(=O)N1c2ccccc2C(Nc2ccc(Br)cc2)CC1C. The van der Waals surface area contributed by atoms with Crippen molar-refractivity contribution >= 4 is 33.2 Å². The number of nitrogens with zero attached hydrogens (tertiary/aromatic N) is 1. The van der Waals surface area contributed by atoms with Gasteiger partial charge in [-0.05, 0) is 49.2 Å². The molecule has 0 aliphatic carbocycles. The van der Waals surface area contributed by atoms with E-state index < -0.39 is 0 Å². The molecule has 2 unspecified atom stereocenters. The predicted molar refractivity (Wildman–Crippen MR) is 94.2 cm³/mol. The van der Waals surface area contributed by atoms with Crippen molar-refractivity contribution in [2.45, 2.75) is 32.4 Å². The number of carbonyl (C=O) groups excluding carboxylic acids is 1. The maximum absolute atomic E-state index is 12.0. The first kappa shape index (κ1) is 15.1. The zero-order valence-corrected chi connectivity index (χ0v) is 14.3. The highest BCUT2D eigenvalue weighted by Gasteiger charge is 2.31. The number of nitrogens with one attached hydrogen (secondary N) is 1. The first-order valence-electron chi connectivity index (χ1n) is 7.47. The van der Waals surface area contributed by atoms with Crippen LogP contribution in [0.5, 0.6) is 0 Å². The molecule has 3 rings (SSSR count). The summed E-state index contributed by atoms with van der Waals surface area (Å²) in [6.07, 6.45) is 0.895. The van der Waals surface area contributed by atoms with Gasteiger partial charge in [0.1, 0.15) is 0 Å². The van der Waals surface area contributed by atoms with Crippen LogP contribution in [0.1, 0.15) is 31.9 Å². The Morgan fingerprint density at radius 1 is 1.18 bits per heavy atom. The number of halogens is 1. The molecule has 22 heavy (non-hydrogen) atoms. The summed E-state index contributed by atoms with van der Waals surface area (Å²) in [4.78, 5) is 13.9. The number of rotatable bonds is 2. The van der Waals surface area contributed by atoms with Gasteiger partial charge < -0.3 is 10.2 Å². The molecule has 2 aromatic carbocycles. The number of amides is 1. The van der Waals surface area contributed by atoms with Gasteiger partial charge in [0, 0.05) is 28.8 Å². The summed E-state index contributed by atoms with van der Waals surface area (Å²) in [5, 5.41) is 3.60. The van der Waals surface area contributed by atoms with Crippen LogP contribution in [0, 0.1) is 0 Å². The average Bonchev–Trinajstić information content (AvgIpc) is 2.49. The lowest BCUT2D eigenvalue weighted by Crippen LogP contribution is -2.43. The molecule has 0 radical (unpaired) electrons. The minimum Gasteiger partial charge on any atom is -0.378 e. The van der Waals surface area contributed by atoms with E-state index in [2.05, 4.69) is 46.4 Å². The summed E-state index contributed by atoms with van der Waals surface area (Å²) in [7, 11) is 0. The van der Waals surface area contributed by atoms with Gasteiger partial charge in [-0.2, -0.15) is 0 Å². The first-order chi connectivity index (χ1) is 10.6. The Hall–Kier alpha value is -1.81. The predicted octanol–water partition coefficient (Wildman–Crippen LogP) is 4.75. The van der Waals surface area contributed by atoms with Gasteiger partial charge in [0.15, 0.2) is 0 Å². The molecule has 1 amide bonds. The molecule has 0 saturated carbocycles. The number of hydrogen-bond donors (Lipinski definition) is 1. The maximum Gasteiger partial charge on any atom is 0.224 e. The van der Waals surface area contributed by atoms with Crippen LogP contribution in [0.2, 0.25) is 0 Å². The Morgan fingerprint density at radius 2 is 1.86 bits per heavy atom. The van der Waals surface area contributed by atoms with E-state index in [9.17, 15) is 4.79 Å². The average molecular weight is 359 g/mol. The Balaban J connectivity index is 1.94. The third-order valence-electron chi connectivity index (χ3n) is 4.11. The molecule has 2 atom stereocenters. The van der Waals surface area contributed by atoms with E-state index in [0.29, 0.717) is 0 Å². The van der Waals surface area contributed by atoms with Crippen LogP contribution in [-0.2, 0) is 4.79 Å². The Kier molecular flexibility index (Phi) is 4.21. The monoisotopic (exact) mass is 358 g/mol.